The van der Waals surface area contributed by atoms with Crippen LogP contribution in [0.5, 0.6) is 0 Å². The van der Waals surface area contributed by atoms with Gasteiger partial charge in [-0.1, -0.05) is 84.4 Å². The molecular weight excluding hydrogens is 466 g/mol. The Morgan fingerprint density at radius 1 is 0.486 bits per heavy atom. The van der Waals surface area contributed by atoms with Crippen molar-refractivity contribution in [3.05, 3.63) is 126 Å². The van der Waals surface area contributed by atoms with Crippen molar-refractivity contribution in [3.63, 3.8) is 0 Å². The molecule has 0 aliphatic rings. The minimum atomic E-state index is 0.776. The fourth-order valence-electron chi connectivity index (χ4n) is 5.10. The van der Waals surface area contributed by atoms with Crippen LogP contribution in [0.1, 0.15) is 0 Å². The number of benzene rings is 6. The maximum atomic E-state index is 6.29. The molecule has 3 heteroatoms. The maximum Gasteiger partial charge on any atom is 0.0546 e. The van der Waals surface area contributed by atoms with Crippen LogP contribution in [0.25, 0.3) is 41.7 Å². The molecule has 1 aromatic heterocycles. The zero-order chi connectivity index (χ0) is 23.4. The number of rotatable bonds is 3. The molecule has 0 aliphatic carbocycles. The lowest BCUT2D eigenvalue weighted by atomic mass is 9.99. The van der Waals surface area contributed by atoms with Crippen LogP contribution in [0, 0.1) is 0 Å². The fraction of sp³-hybridized carbons (Fsp3) is 0. The average molecular weight is 486 g/mol. The molecule has 0 atom stereocenters. The summed E-state index contributed by atoms with van der Waals surface area (Å²) >= 11 is 8.08. The molecule has 0 fully saturated rings. The van der Waals surface area contributed by atoms with Crippen LogP contribution in [0.3, 0.4) is 0 Å². The highest BCUT2D eigenvalue weighted by atomic mass is 35.5. The Morgan fingerprint density at radius 2 is 1.23 bits per heavy atom. The Kier molecular flexibility index (Phi) is 4.76. The average Bonchev–Trinajstić information content (AvgIpc) is 3.26. The van der Waals surface area contributed by atoms with Crippen molar-refractivity contribution >= 4 is 81.7 Å². The van der Waals surface area contributed by atoms with E-state index in [1.165, 1.54) is 47.4 Å². The summed E-state index contributed by atoms with van der Waals surface area (Å²) in [6, 6.07) is 43.3. The standard InChI is InChI=1S/C32H20ClNS/c33-22-14-16-28-29-20-24(15-17-31(29)35-32(28)19-22)34(23-9-2-1-3-10-23)30-18-21-8-4-5-11-25(21)26-12-6-7-13-27(26)30/h1-20H. The third kappa shape index (κ3) is 3.37. The number of fused-ring (bicyclic) bond motifs is 6. The largest absolute Gasteiger partial charge is 0.310 e. The first-order valence-electron chi connectivity index (χ1n) is 11.6. The number of anilines is 3. The van der Waals surface area contributed by atoms with E-state index < -0.39 is 0 Å². The Balaban J connectivity index is 1.55. The minimum absolute atomic E-state index is 0.776. The van der Waals surface area contributed by atoms with Gasteiger partial charge in [-0.05, 0) is 64.7 Å². The van der Waals surface area contributed by atoms with Crippen molar-refractivity contribution < 1.29 is 0 Å². The summed E-state index contributed by atoms with van der Waals surface area (Å²) in [5, 5.41) is 8.28. The first-order valence-corrected chi connectivity index (χ1v) is 12.8. The highest BCUT2D eigenvalue weighted by molar-refractivity contribution is 7.25. The number of halogens is 1. The molecule has 6 aromatic carbocycles. The quantitative estimate of drug-likeness (QED) is 0.225. The topological polar surface area (TPSA) is 3.24 Å². The molecule has 35 heavy (non-hydrogen) atoms. The molecule has 0 radical (unpaired) electrons. The predicted molar refractivity (Wildman–Crippen MR) is 154 cm³/mol. The lowest BCUT2D eigenvalue weighted by Crippen LogP contribution is -2.10. The Labute approximate surface area is 212 Å². The van der Waals surface area contributed by atoms with Crippen molar-refractivity contribution in [1.82, 2.24) is 0 Å². The van der Waals surface area contributed by atoms with E-state index in [-0.39, 0.29) is 0 Å². The highest BCUT2D eigenvalue weighted by Gasteiger charge is 2.18. The lowest BCUT2D eigenvalue weighted by molar-refractivity contribution is 1.31. The van der Waals surface area contributed by atoms with Crippen molar-refractivity contribution in [2.75, 3.05) is 4.90 Å². The predicted octanol–water partition coefficient (Wildman–Crippen LogP) is 10.5. The van der Waals surface area contributed by atoms with Gasteiger partial charge in [-0.15, -0.1) is 11.3 Å². The number of hydrogen-bond donors (Lipinski definition) is 0. The summed E-state index contributed by atoms with van der Waals surface area (Å²) < 4.78 is 2.48. The highest BCUT2D eigenvalue weighted by Crippen LogP contribution is 2.44. The summed E-state index contributed by atoms with van der Waals surface area (Å²) in [6.45, 7) is 0. The van der Waals surface area contributed by atoms with Gasteiger partial charge < -0.3 is 4.90 Å². The third-order valence-corrected chi connectivity index (χ3v) is 8.05. The molecule has 0 spiro atoms. The normalized spacial score (nSPS) is 11.6. The van der Waals surface area contributed by atoms with Crippen LogP contribution < -0.4 is 4.90 Å². The summed E-state index contributed by atoms with van der Waals surface area (Å²) in [5.41, 5.74) is 3.45. The van der Waals surface area contributed by atoms with Gasteiger partial charge in [0.1, 0.15) is 0 Å². The Hall–Kier alpha value is -3.85. The van der Waals surface area contributed by atoms with Gasteiger partial charge in [0.2, 0.25) is 0 Å². The van der Waals surface area contributed by atoms with Gasteiger partial charge in [0.25, 0.3) is 0 Å². The van der Waals surface area contributed by atoms with Gasteiger partial charge in [0, 0.05) is 42.0 Å². The molecule has 1 nitrogen and oxygen atoms in total. The lowest BCUT2D eigenvalue weighted by Gasteiger charge is -2.27. The second-order valence-corrected chi connectivity index (χ2v) is 10.3. The monoisotopic (exact) mass is 485 g/mol. The van der Waals surface area contributed by atoms with Crippen LogP contribution in [0.15, 0.2) is 121 Å². The molecule has 166 valence electrons. The van der Waals surface area contributed by atoms with E-state index in [1.54, 1.807) is 11.3 Å². The smallest absolute Gasteiger partial charge is 0.0546 e. The molecule has 0 N–H and O–H groups in total. The van der Waals surface area contributed by atoms with Gasteiger partial charge in [-0.3, -0.25) is 0 Å². The van der Waals surface area contributed by atoms with Gasteiger partial charge in [-0.2, -0.15) is 0 Å². The summed E-state index contributed by atoms with van der Waals surface area (Å²) in [6.07, 6.45) is 0. The number of thiophene rings is 1. The molecular formula is C32H20ClNS. The van der Waals surface area contributed by atoms with E-state index in [0.29, 0.717) is 0 Å². The first kappa shape index (κ1) is 20.5. The summed E-state index contributed by atoms with van der Waals surface area (Å²) in [5.74, 6) is 0. The van der Waals surface area contributed by atoms with Crippen LogP contribution in [-0.4, -0.2) is 0 Å². The van der Waals surface area contributed by atoms with Crippen molar-refractivity contribution in [1.29, 1.82) is 0 Å². The van der Waals surface area contributed by atoms with Gasteiger partial charge >= 0.3 is 0 Å². The van der Waals surface area contributed by atoms with E-state index >= 15 is 0 Å². The number of para-hydroxylation sites is 1. The Morgan fingerprint density at radius 3 is 2.09 bits per heavy atom. The summed E-state index contributed by atoms with van der Waals surface area (Å²) in [4.78, 5) is 2.38. The maximum absolute atomic E-state index is 6.29. The SMILES string of the molecule is Clc1ccc2c(c1)sc1ccc(N(c3ccccc3)c3cc4ccccc4c4ccccc34)cc12. The molecule has 0 saturated heterocycles. The van der Waals surface area contributed by atoms with E-state index in [2.05, 4.69) is 120 Å². The van der Waals surface area contributed by atoms with E-state index in [1.807, 2.05) is 6.07 Å². The van der Waals surface area contributed by atoms with Crippen molar-refractivity contribution in [2.45, 2.75) is 0 Å². The van der Waals surface area contributed by atoms with Gasteiger partial charge in [0.05, 0.1) is 5.69 Å². The molecule has 1 heterocycles. The van der Waals surface area contributed by atoms with Crippen LogP contribution in [0.2, 0.25) is 5.02 Å². The second-order valence-electron chi connectivity index (χ2n) is 8.76. The fourth-order valence-corrected chi connectivity index (χ4v) is 6.46. The number of hydrogen-bond acceptors (Lipinski definition) is 2. The molecule has 0 bridgehead atoms. The minimum Gasteiger partial charge on any atom is -0.310 e. The third-order valence-electron chi connectivity index (χ3n) is 6.68. The van der Waals surface area contributed by atoms with E-state index in [0.717, 1.165) is 16.4 Å². The van der Waals surface area contributed by atoms with Crippen LogP contribution in [0.4, 0.5) is 17.1 Å². The molecule has 0 amide bonds. The van der Waals surface area contributed by atoms with Crippen LogP contribution in [-0.2, 0) is 0 Å². The molecule has 0 unspecified atom stereocenters. The zero-order valence-corrected chi connectivity index (χ0v) is 20.4. The van der Waals surface area contributed by atoms with Gasteiger partial charge in [-0.25, -0.2) is 0 Å². The molecule has 0 aliphatic heterocycles. The molecule has 7 rings (SSSR count). The summed E-state index contributed by atoms with van der Waals surface area (Å²) in [7, 11) is 0. The second kappa shape index (κ2) is 8.13. The van der Waals surface area contributed by atoms with Crippen molar-refractivity contribution in [3.8, 4) is 0 Å². The Bertz CT molecular complexity index is 1870. The first-order chi connectivity index (χ1) is 17.3. The molecule has 0 saturated carbocycles. The van der Waals surface area contributed by atoms with Crippen molar-refractivity contribution in [2.24, 2.45) is 0 Å². The van der Waals surface area contributed by atoms with E-state index in [4.69, 9.17) is 11.6 Å². The number of nitrogens with zero attached hydrogens (tertiary/aromatic N) is 1. The molecule has 7 aromatic rings. The zero-order valence-electron chi connectivity index (χ0n) is 18.8. The van der Waals surface area contributed by atoms with Crippen LogP contribution >= 0.6 is 22.9 Å². The van der Waals surface area contributed by atoms with E-state index in [9.17, 15) is 0 Å². The van der Waals surface area contributed by atoms with Gasteiger partial charge in [0.15, 0.2) is 0 Å².